The molecule has 1 N–H and O–H groups in total. The first-order valence-electron chi connectivity index (χ1n) is 8.58. The number of methoxy groups -OCH3 is 1. The van der Waals surface area contributed by atoms with Crippen LogP contribution in [0.2, 0.25) is 0 Å². The van der Waals surface area contributed by atoms with E-state index in [4.69, 9.17) is 4.74 Å². The van der Waals surface area contributed by atoms with E-state index in [1.165, 1.54) is 7.11 Å². The molecule has 7 heteroatoms. The highest BCUT2D eigenvalue weighted by molar-refractivity contribution is 7.89. The SMILES string of the molecule is CC[N+](CC)(CC)CCCS(=O)(=O)NC(CC(C)C)C(=O)OC. The Balaban J connectivity index is 4.70. The van der Waals surface area contributed by atoms with Crippen LogP contribution in [0.15, 0.2) is 0 Å². The highest BCUT2D eigenvalue weighted by atomic mass is 32.2. The first kappa shape index (κ1) is 22.3. The number of carbonyl (C=O) groups excluding carboxylic acids is 1. The summed E-state index contributed by atoms with van der Waals surface area (Å²) in [6.07, 6.45) is 1.02. The van der Waals surface area contributed by atoms with E-state index in [1.54, 1.807) is 0 Å². The van der Waals surface area contributed by atoms with Gasteiger partial charge in [0.25, 0.3) is 0 Å². The normalized spacial score (nSPS) is 14.0. The molecule has 0 rings (SSSR count). The number of hydrogen-bond donors (Lipinski definition) is 1. The Labute approximate surface area is 142 Å². The molecule has 23 heavy (non-hydrogen) atoms. The third kappa shape index (κ3) is 8.13. The summed E-state index contributed by atoms with van der Waals surface area (Å²) in [5.41, 5.74) is 0. The fraction of sp³-hybridized carbons (Fsp3) is 0.938. The van der Waals surface area contributed by atoms with Crippen LogP contribution in [0.5, 0.6) is 0 Å². The minimum atomic E-state index is -3.49. The molecule has 0 aromatic carbocycles. The fourth-order valence-electron chi connectivity index (χ4n) is 2.82. The zero-order valence-corrected chi connectivity index (χ0v) is 16.4. The smallest absolute Gasteiger partial charge is 0.323 e. The number of sulfonamides is 1. The molecule has 1 unspecified atom stereocenters. The van der Waals surface area contributed by atoms with Crippen molar-refractivity contribution in [2.24, 2.45) is 5.92 Å². The third-order valence-corrected chi connectivity index (χ3v) is 6.04. The number of ether oxygens (including phenoxy) is 1. The number of rotatable bonds is 12. The zero-order valence-electron chi connectivity index (χ0n) is 15.6. The van der Waals surface area contributed by atoms with Gasteiger partial charge in [0.05, 0.1) is 39.0 Å². The number of esters is 1. The number of hydrogen-bond acceptors (Lipinski definition) is 4. The summed E-state index contributed by atoms with van der Waals surface area (Å²) < 4.78 is 32.7. The summed E-state index contributed by atoms with van der Waals surface area (Å²) in [6.45, 7) is 14.1. The molecule has 1 atom stereocenters. The van der Waals surface area contributed by atoms with Crippen LogP contribution in [-0.2, 0) is 19.6 Å². The summed E-state index contributed by atoms with van der Waals surface area (Å²) in [5, 5.41) is 0. The standard InChI is InChI=1S/C16H35N2O4S/c1-7-18(8-2,9-3)11-10-12-23(20,21)17-15(13-14(4)5)16(19)22-6/h14-15,17H,7-13H2,1-6H3/q+1. The van der Waals surface area contributed by atoms with Crippen LogP contribution in [0.3, 0.4) is 0 Å². The van der Waals surface area contributed by atoms with Crippen molar-refractivity contribution in [1.82, 2.24) is 4.72 Å². The molecule has 138 valence electrons. The maximum atomic E-state index is 12.3. The van der Waals surface area contributed by atoms with Gasteiger partial charge in [-0.15, -0.1) is 0 Å². The van der Waals surface area contributed by atoms with Gasteiger partial charge in [-0.1, -0.05) is 13.8 Å². The number of nitrogens with one attached hydrogen (secondary N) is 1. The molecule has 0 aliphatic carbocycles. The van der Waals surface area contributed by atoms with Gasteiger partial charge in [0.2, 0.25) is 10.0 Å². The van der Waals surface area contributed by atoms with Crippen LogP contribution in [0.25, 0.3) is 0 Å². The number of quaternary nitrogens is 1. The van der Waals surface area contributed by atoms with Gasteiger partial charge in [-0.2, -0.15) is 0 Å². The van der Waals surface area contributed by atoms with Gasteiger partial charge in [0, 0.05) is 6.42 Å². The summed E-state index contributed by atoms with van der Waals surface area (Å²) in [4.78, 5) is 11.7. The van der Waals surface area contributed by atoms with Crippen molar-refractivity contribution < 1.29 is 22.4 Å². The average molecular weight is 352 g/mol. The second-order valence-electron chi connectivity index (χ2n) is 6.51. The molecular weight excluding hydrogens is 316 g/mol. The predicted octanol–water partition coefficient (Wildman–Crippen LogP) is 1.76. The lowest BCUT2D eigenvalue weighted by Crippen LogP contribution is -2.49. The van der Waals surface area contributed by atoms with Gasteiger partial charge in [0.1, 0.15) is 6.04 Å². The van der Waals surface area contributed by atoms with Crippen molar-refractivity contribution in [2.75, 3.05) is 39.0 Å². The van der Waals surface area contributed by atoms with E-state index in [1.807, 2.05) is 13.8 Å². The van der Waals surface area contributed by atoms with Crippen LogP contribution >= 0.6 is 0 Å². The van der Waals surface area contributed by atoms with Crippen molar-refractivity contribution in [3.05, 3.63) is 0 Å². The van der Waals surface area contributed by atoms with Gasteiger partial charge >= 0.3 is 5.97 Å². The molecule has 0 aliphatic heterocycles. The zero-order chi connectivity index (χ0) is 18.1. The van der Waals surface area contributed by atoms with Gasteiger partial charge < -0.3 is 9.22 Å². The van der Waals surface area contributed by atoms with Gasteiger partial charge in [0.15, 0.2) is 0 Å². The van der Waals surface area contributed by atoms with Crippen LogP contribution in [-0.4, -0.2) is 64.0 Å². The summed E-state index contributed by atoms with van der Waals surface area (Å²) in [6, 6.07) is -0.798. The van der Waals surface area contributed by atoms with Crippen LogP contribution in [0, 0.1) is 5.92 Å². The molecule has 0 saturated carbocycles. The first-order chi connectivity index (χ1) is 10.6. The quantitative estimate of drug-likeness (QED) is 0.429. The van der Waals surface area contributed by atoms with Gasteiger partial charge in [-0.05, 0) is 33.1 Å². The van der Waals surface area contributed by atoms with Crippen molar-refractivity contribution in [3.8, 4) is 0 Å². The summed E-state index contributed by atoms with van der Waals surface area (Å²) in [7, 11) is -2.21. The lowest BCUT2D eigenvalue weighted by Gasteiger charge is -2.35. The lowest BCUT2D eigenvalue weighted by atomic mass is 10.1. The minimum Gasteiger partial charge on any atom is -0.468 e. The highest BCUT2D eigenvalue weighted by Crippen LogP contribution is 2.10. The van der Waals surface area contributed by atoms with E-state index in [-0.39, 0.29) is 11.7 Å². The molecule has 0 amide bonds. The second-order valence-corrected chi connectivity index (χ2v) is 8.38. The van der Waals surface area contributed by atoms with Crippen LogP contribution in [0.4, 0.5) is 0 Å². The summed E-state index contributed by atoms with van der Waals surface area (Å²) in [5.74, 6) is -0.284. The van der Waals surface area contributed by atoms with E-state index in [9.17, 15) is 13.2 Å². The van der Waals surface area contributed by atoms with E-state index in [2.05, 4.69) is 25.5 Å². The Kier molecular flexibility index (Phi) is 9.96. The number of carbonyl (C=O) groups is 1. The fourth-order valence-corrected chi connectivity index (χ4v) is 4.07. The van der Waals surface area contributed by atoms with Crippen molar-refractivity contribution in [1.29, 1.82) is 0 Å². The topological polar surface area (TPSA) is 72.5 Å². The lowest BCUT2D eigenvalue weighted by molar-refractivity contribution is -0.923. The Morgan fingerprint density at radius 1 is 1.13 bits per heavy atom. The molecular formula is C16H35N2O4S+. The summed E-state index contributed by atoms with van der Waals surface area (Å²) >= 11 is 0. The van der Waals surface area contributed by atoms with E-state index >= 15 is 0 Å². The molecule has 0 saturated heterocycles. The Morgan fingerprint density at radius 3 is 2.04 bits per heavy atom. The van der Waals surface area contributed by atoms with Gasteiger partial charge in [-0.3, -0.25) is 4.79 Å². The molecule has 0 radical (unpaired) electrons. The van der Waals surface area contributed by atoms with E-state index in [0.717, 1.165) is 30.7 Å². The minimum absolute atomic E-state index is 0.0403. The van der Waals surface area contributed by atoms with Crippen molar-refractivity contribution in [2.45, 2.75) is 53.5 Å². The molecule has 6 nitrogen and oxygen atoms in total. The Hall–Kier alpha value is -0.660. The molecule has 0 bridgehead atoms. The Morgan fingerprint density at radius 2 is 1.65 bits per heavy atom. The van der Waals surface area contributed by atoms with E-state index in [0.29, 0.717) is 12.8 Å². The maximum absolute atomic E-state index is 12.3. The molecule has 0 spiro atoms. The third-order valence-electron chi connectivity index (χ3n) is 4.57. The molecule has 0 heterocycles. The van der Waals surface area contributed by atoms with Gasteiger partial charge in [-0.25, -0.2) is 13.1 Å². The number of nitrogens with zero attached hydrogens (tertiary/aromatic N) is 1. The molecule has 0 fully saturated rings. The van der Waals surface area contributed by atoms with E-state index < -0.39 is 22.0 Å². The average Bonchev–Trinajstić information content (AvgIpc) is 2.49. The second kappa shape index (κ2) is 10.3. The largest absolute Gasteiger partial charge is 0.468 e. The van der Waals surface area contributed by atoms with Crippen LogP contribution in [0.1, 0.15) is 47.5 Å². The molecule has 0 aromatic rings. The monoisotopic (exact) mass is 351 g/mol. The first-order valence-corrected chi connectivity index (χ1v) is 10.2. The maximum Gasteiger partial charge on any atom is 0.323 e. The van der Waals surface area contributed by atoms with Crippen LogP contribution < -0.4 is 4.72 Å². The molecule has 0 aliphatic rings. The highest BCUT2D eigenvalue weighted by Gasteiger charge is 2.27. The van der Waals surface area contributed by atoms with Crippen molar-refractivity contribution >= 4 is 16.0 Å². The Bertz CT molecular complexity index is 437. The molecule has 0 aromatic heterocycles. The van der Waals surface area contributed by atoms with Crippen molar-refractivity contribution in [3.63, 3.8) is 0 Å². The predicted molar refractivity (Wildman–Crippen MR) is 93.5 cm³/mol.